The third-order valence-corrected chi connectivity index (χ3v) is 12.2. The molecular weight excluding hydrogens is 801 g/mol. The van der Waals surface area contributed by atoms with Gasteiger partial charge in [0.2, 0.25) is 0 Å². The normalized spacial score (nSPS) is 23.4. The van der Waals surface area contributed by atoms with Crippen LogP contribution in [0, 0.1) is 0 Å². The van der Waals surface area contributed by atoms with Crippen LogP contribution in [0.3, 0.4) is 0 Å². The highest BCUT2D eigenvalue weighted by Gasteiger charge is 2.51. The first-order chi connectivity index (χ1) is 30.2. The Labute approximate surface area is 365 Å². The molecule has 2 N–H and O–H groups in total. The number of nitrogens with zero attached hydrogens (tertiary/aromatic N) is 4. The molecule has 0 aromatic heterocycles. The molecule has 6 atom stereocenters. The molecule has 6 rings (SSSR count). The van der Waals surface area contributed by atoms with E-state index in [-0.39, 0.29) is 51.5 Å². The number of esters is 4. The summed E-state index contributed by atoms with van der Waals surface area (Å²) < 4.78 is 36.3. The molecule has 0 bridgehead atoms. The van der Waals surface area contributed by atoms with Gasteiger partial charge in [-0.1, -0.05) is 63.1 Å². The number of benzene rings is 2. The molecule has 0 saturated carbocycles. The Hall–Kier alpha value is -4.00. The molecule has 0 unspecified atom stereocenters. The largest absolute Gasteiger partial charge is 0.457 e. The maximum absolute atomic E-state index is 13.9. The van der Waals surface area contributed by atoms with Crippen LogP contribution in [0.2, 0.25) is 0 Å². The lowest BCUT2D eigenvalue weighted by molar-refractivity contribution is -0.152. The van der Waals surface area contributed by atoms with Gasteiger partial charge in [0, 0.05) is 76.6 Å². The van der Waals surface area contributed by atoms with Crippen molar-refractivity contribution >= 4 is 23.9 Å². The topological polar surface area (TPSA) is 177 Å². The van der Waals surface area contributed by atoms with Crippen molar-refractivity contribution in [3.63, 3.8) is 0 Å². The molecule has 0 radical (unpaired) electrons. The number of rotatable bonds is 22. The second-order valence-corrected chi connectivity index (χ2v) is 16.6. The minimum absolute atomic E-state index is 0.0409. The fourth-order valence-corrected chi connectivity index (χ4v) is 8.68. The van der Waals surface area contributed by atoms with Gasteiger partial charge in [0.1, 0.15) is 24.4 Å². The number of aliphatic hydroxyl groups excluding tert-OH is 2. The van der Waals surface area contributed by atoms with Gasteiger partial charge in [-0.05, 0) is 37.8 Å². The van der Waals surface area contributed by atoms with E-state index in [0.29, 0.717) is 74.4 Å². The van der Waals surface area contributed by atoms with E-state index in [1.54, 1.807) is 36.4 Å². The summed E-state index contributed by atoms with van der Waals surface area (Å²) in [6, 6.07) is 14.0. The predicted molar refractivity (Wildman–Crippen MR) is 227 cm³/mol. The van der Waals surface area contributed by atoms with Gasteiger partial charge in [0.05, 0.1) is 50.6 Å². The molecule has 62 heavy (non-hydrogen) atoms. The van der Waals surface area contributed by atoms with E-state index < -0.39 is 48.6 Å². The molecule has 4 aliphatic rings. The molecule has 16 heteroatoms. The Morgan fingerprint density at radius 3 is 1.34 bits per heavy atom. The molecule has 4 fully saturated rings. The lowest BCUT2D eigenvalue weighted by Crippen LogP contribution is -2.48. The number of hydrogen-bond donors (Lipinski definition) is 2. The van der Waals surface area contributed by atoms with Gasteiger partial charge in [0.15, 0.2) is 12.2 Å². The van der Waals surface area contributed by atoms with Gasteiger partial charge in [-0.3, -0.25) is 29.2 Å². The van der Waals surface area contributed by atoms with Crippen molar-refractivity contribution in [1.29, 1.82) is 0 Å². The second kappa shape index (κ2) is 24.2. The zero-order valence-electron chi connectivity index (χ0n) is 36.4. The molecule has 16 nitrogen and oxygen atoms in total. The van der Waals surface area contributed by atoms with Crippen molar-refractivity contribution in [3.05, 3.63) is 70.8 Å². The van der Waals surface area contributed by atoms with Crippen molar-refractivity contribution < 1.29 is 57.8 Å². The summed E-state index contributed by atoms with van der Waals surface area (Å²) in [5.74, 6) is -1.92. The Bertz CT molecular complexity index is 1620. The Balaban J connectivity index is 1.05. The lowest BCUT2D eigenvalue weighted by Gasteiger charge is -2.34. The molecule has 0 aliphatic carbocycles. The van der Waals surface area contributed by atoms with E-state index in [4.69, 9.17) is 28.4 Å². The van der Waals surface area contributed by atoms with Crippen LogP contribution in [0.15, 0.2) is 48.5 Å². The third kappa shape index (κ3) is 13.0. The maximum Gasteiger partial charge on any atom is 0.339 e. The highest BCUT2D eigenvalue weighted by atomic mass is 16.7. The van der Waals surface area contributed by atoms with Crippen molar-refractivity contribution in [2.75, 3.05) is 105 Å². The van der Waals surface area contributed by atoms with E-state index in [1.807, 2.05) is 21.9 Å². The molecule has 0 amide bonds. The number of unbranched alkanes of at least 4 members (excludes halogenated alkanes) is 2. The summed E-state index contributed by atoms with van der Waals surface area (Å²) in [6.07, 6.45) is 0.238. The van der Waals surface area contributed by atoms with Gasteiger partial charge in [-0.2, -0.15) is 0 Å². The molecule has 0 spiro atoms. The van der Waals surface area contributed by atoms with E-state index in [2.05, 4.69) is 23.6 Å². The van der Waals surface area contributed by atoms with E-state index >= 15 is 0 Å². The maximum atomic E-state index is 13.9. The number of aliphatic hydroxyl groups is 2. The van der Waals surface area contributed by atoms with Crippen LogP contribution in [-0.2, 0) is 38.0 Å². The van der Waals surface area contributed by atoms with Crippen LogP contribution in [0.4, 0.5) is 0 Å². The van der Waals surface area contributed by atoms with Crippen LogP contribution in [0.1, 0.15) is 96.4 Å². The summed E-state index contributed by atoms with van der Waals surface area (Å²) in [4.78, 5) is 62.7. The lowest BCUT2D eigenvalue weighted by atomic mass is 9.98. The SMILES string of the molecule is CCCC[C@@H](OC(=O)CN1CCN(CCO)CC1)c1ccccc1C(=O)O[C@H]1CO[C@H]2[C@@H]1OC[C@H]2OC(=O)c1ccccc1[C@@H](CCCC)OC(=O)CN1CCN(CCO)CC1. The number of fused-ring (bicyclic) bond motifs is 1. The zero-order chi connectivity index (χ0) is 43.8. The van der Waals surface area contributed by atoms with E-state index in [1.165, 1.54) is 0 Å². The molecule has 4 heterocycles. The minimum atomic E-state index is -0.770. The summed E-state index contributed by atoms with van der Waals surface area (Å²) >= 11 is 0. The van der Waals surface area contributed by atoms with Crippen LogP contribution >= 0.6 is 0 Å². The van der Waals surface area contributed by atoms with Crippen LogP contribution in [-0.4, -0.2) is 183 Å². The first-order valence-corrected chi connectivity index (χ1v) is 22.5. The summed E-state index contributed by atoms with van der Waals surface area (Å²) in [7, 11) is 0. The van der Waals surface area contributed by atoms with Crippen molar-refractivity contribution in [2.24, 2.45) is 0 Å². The number of piperazine rings is 2. The number of carbonyl (C=O) groups excluding carboxylic acids is 4. The number of carbonyl (C=O) groups is 4. The fraction of sp³-hybridized carbons (Fsp3) is 0.652. The Kier molecular flexibility index (Phi) is 18.5. The van der Waals surface area contributed by atoms with Crippen LogP contribution < -0.4 is 0 Å². The Morgan fingerprint density at radius 2 is 0.968 bits per heavy atom. The number of ether oxygens (including phenoxy) is 6. The molecule has 4 aliphatic heterocycles. The van der Waals surface area contributed by atoms with E-state index in [9.17, 15) is 29.4 Å². The molecule has 342 valence electrons. The average molecular weight is 867 g/mol. The summed E-state index contributed by atoms with van der Waals surface area (Å²) in [5.41, 5.74) is 1.72. The minimum Gasteiger partial charge on any atom is -0.457 e. The third-order valence-electron chi connectivity index (χ3n) is 12.2. The molecule has 2 aromatic carbocycles. The smallest absolute Gasteiger partial charge is 0.339 e. The van der Waals surface area contributed by atoms with Gasteiger partial charge in [-0.25, -0.2) is 9.59 Å². The highest BCUT2D eigenvalue weighted by molar-refractivity contribution is 5.92. The van der Waals surface area contributed by atoms with Crippen molar-refractivity contribution in [3.8, 4) is 0 Å². The van der Waals surface area contributed by atoms with Crippen LogP contribution in [0.5, 0.6) is 0 Å². The molecule has 2 aromatic rings. The van der Waals surface area contributed by atoms with E-state index in [0.717, 1.165) is 51.9 Å². The first-order valence-electron chi connectivity index (χ1n) is 22.5. The highest BCUT2D eigenvalue weighted by Crippen LogP contribution is 2.34. The number of hydrogen-bond acceptors (Lipinski definition) is 16. The average Bonchev–Trinajstić information content (AvgIpc) is 3.87. The van der Waals surface area contributed by atoms with Gasteiger partial charge < -0.3 is 38.6 Å². The quantitative estimate of drug-likeness (QED) is 0.130. The first kappa shape index (κ1) is 47.5. The summed E-state index contributed by atoms with van der Waals surface area (Å²) in [5, 5.41) is 18.5. The standard InChI is InChI=1S/C46H66N4O12/c1-3-5-15-37(59-41(53)29-49-21-17-47(18-22-49)25-27-51)33-11-7-9-13-35(33)45(55)61-39-31-57-44-40(32-58-43(39)44)62-46(56)36-14-10-8-12-34(36)38(16-6-4-2)60-42(54)30-50-23-19-48(20-24-50)26-28-52/h7-14,37-40,43-44,51-52H,3-6,15-32H2,1-2H3/t37-,38-,39-,40+,43-,44-/m1/s1. The zero-order valence-corrected chi connectivity index (χ0v) is 36.4. The summed E-state index contributed by atoms with van der Waals surface area (Å²) in [6.45, 7) is 11.7. The number of β-amino-alcohol motifs (C(OH)–C–C–N with tert-alkyl or cyclic N) is 2. The monoisotopic (exact) mass is 866 g/mol. The van der Waals surface area contributed by atoms with Gasteiger partial charge in [-0.15, -0.1) is 0 Å². The van der Waals surface area contributed by atoms with Crippen LogP contribution in [0.25, 0.3) is 0 Å². The Morgan fingerprint density at radius 1 is 0.597 bits per heavy atom. The van der Waals surface area contributed by atoms with Crippen molar-refractivity contribution in [2.45, 2.75) is 89.0 Å². The second-order valence-electron chi connectivity index (χ2n) is 16.6. The molecular formula is C46H66N4O12. The fourth-order valence-electron chi connectivity index (χ4n) is 8.68. The predicted octanol–water partition coefficient (Wildman–Crippen LogP) is 3.00. The van der Waals surface area contributed by atoms with Crippen molar-refractivity contribution in [1.82, 2.24) is 19.6 Å². The van der Waals surface area contributed by atoms with Gasteiger partial charge in [0.25, 0.3) is 0 Å². The van der Waals surface area contributed by atoms with Gasteiger partial charge >= 0.3 is 23.9 Å². The molecule has 4 saturated heterocycles.